The maximum Gasteiger partial charge on any atom is 0.325 e. The molecule has 4 rings (SSSR count). The molecule has 2 aromatic carbocycles. The highest BCUT2D eigenvalue weighted by atomic mass is 79.9. The quantitative estimate of drug-likeness (QED) is 0.780. The molecule has 1 fully saturated rings. The van der Waals surface area contributed by atoms with Gasteiger partial charge in [-0.15, -0.1) is 0 Å². The van der Waals surface area contributed by atoms with Crippen LogP contribution in [0, 0.1) is 0 Å². The van der Waals surface area contributed by atoms with Crippen LogP contribution in [0.4, 0.5) is 4.79 Å². The Balaban J connectivity index is 1.71. The highest BCUT2D eigenvalue weighted by Crippen LogP contribution is 2.41. The van der Waals surface area contributed by atoms with Crippen LogP contribution in [0.3, 0.4) is 0 Å². The van der Waals surface area contributed by atoms with Gasteiger partial charge in [0.2, 0.25) is 0 Å². The molecule has 0 bridgehead atoms. The highest BCUT2D eigenvalue weighted by molar-refractivity contribution is 9.10. The Kier molecular flexibility index (Phi) is 4.11. The van der Waals surface area contributed by atoms with Crippen LogP contribution in [0.15, 0.2) is 46.9 Å². The number of carbonyl (C=O) groups excluding carboxylic acids is 2. The molecule has 7 heteroatoms. The first-order chi connectivity index (χ1) is 12.5. The van der Waals surface area contributed by atoms with Crippen molar-refractivity contribution in [1.82, 2.24) is 10.2 Å². The van der Waals surface area contributed by atoms with E-state index in [1.165, 1.54) is 4.90 Å². The molecular weight excluding hydrogens is 400 g/mol. The zero-order chi connectivity index (χ0) is 18.3. The van der Waals surface area contributed by atoms with E-state index in [0.717, 1.165) is 10.0 Å². The van der Waals surface area contributed by atoms with Crippen LogP contribution in [0.5, 0.6) is 11.5 Å². The number of benzene rings is 2. The number of carbonyl (C=O) groups is 2. The van der Waals surface area contributed by atoms with Gasteiger partial charge in [0.25, 0.3) is 5.91 Å². The lowest BCUT2D eigenvalue weighted by atomic mass is 9.84. The Morgan fingerprint density at radius 3 is 2.88 bits per heavy atom. The number of ether oxygens (including phenoxy) is 2. The van der Waals surface area contributed by atoms with Crippen molar-refractivity contribution in [1.29, 1.82) is 0 Å². The number of nitrogens with zero attached hydrogens (tertiary/aromatic N) is 1. The summed E-state index contributed by atoms with van der Waals surface area (Å²) in [6.45, 7) is 0.509. The molecule has 1 spiro atoms. The summed E-state index contributed by atoms with van der Waals surface area (Å²) in [5.74, 6) is 0.997. The average Bonchev–Trinajstić information content (AvgIpc) is 2.87. The molecule has 3 amide bonds. The molecule has 134 valence electrons. The zero-order valence-electron chi connectivity index (χ0n) is 14.1. The number of halogens is 1. The zero-order valence-corrected chi connectivity index (χ0v) is 15.7. The summed E-state index contributed by atoms with van der Waals surface area (Å²) < 4.78 is 11.9. The molecule has 1 unspecified atom stereocenters. The minimum absolute atomic E-state index is 0.137. The third kappa shape index (κ3) is 2.54. The van der Waals surface area contributed by atoms with Gasteiger partial charge in [-0.25, -0.2) is 4.79 Å². The summed E-state index contributed by atoms with van der Waals surface area (Å²) >= 11 is 3.42. The smallest absolute Gasteiger partial charge is 0.325 e. The van der Waals surface area contributed by atoms with Gasteiger partial charge in [0.05, 0.1) is 20.3 Å². The maximum absolute atomic E-state index is 13.3. The van der Waals surface area contributed by atoms with Gasteiger partial charge in [-0.05, 0) is 24.3 Å². The molecule has 0 aliphatic carbocycles. The van der Waals surface area contributed by atoms with Crippen molar-refractivity contribution >= 4 is 27.9 Å². The van der Waals surface area contributed by atoms with E-state index in [-0.39, 0.29) is 12.5 Å². The molecular formula is C19H17BrN2O4. The minimum Gasteiger partial charge on any atom is -0.496 e. The number of rotatable bonds is 3. The highest BCUT2D eigenvalue weighted by Gasteiger charge is 2.54. The van der Waals surface area contributed by atoms with Gasteiger partial charge in [-0.2, -0.15) is 0 Å². The topological polar surface area (TPSA) is 67.9 Å². The largest absolute Gasteiger partial charge is 0.496 e. The molecule has 2 aromatic rings. The van der Waals surface area contributed by atoms with E-state index in [4.69, 9.17) is 9.47 Å². The van der Waals surface area contributed by atoms with E-state index < -0.39 is 11.6 Å². The molecule has 26 heavy (non-hydrogen) atoms. The number of urea groups is 1. The summed E-state index contributed by atoms with van der Waals surface area (Å²) in [6, 6.07) is 12.4. The molecule has 1 N–H and O–H groups in total. The molecule has 0 aromatic heterocycles. The van der Waals surface area contributed by atoms with Crippen LogP contribution in [0.2, 0.25) is 0 Å². The number of hydrogen-bond acceptors (Lipinski definition) is 4. The van der Waals surface area contributed by atoms with Crippen molar-refractivity contribution in [2.75, 3.05) is 13.7 Å². The Morgan fingerprint density at radius 1 is 1.27 bits per heavy atom. The van der Waals surface area contributed by atoms with Gasteiger partial charge in [0.15, 0.2) is 5.54 Å². The molecule has 2 heterocycles. The van der Waals surface area contributed by atoms with Gasteiger partial charge < -0.3 is 14.8 Å². The lowest BCUT2D eigenvalue weighted by Gasteiger charge is -2.33. The second-order valence-electron chi connectivity index (χ2n) is 6.28. The predicted molar refractivity (Wildman–Crippen MR) is 98.0 cm³/mol. The van der Waals surface area contributed by atoms with Gasteiger partial charge in [0, 0.05) is 22.0 Å². The number of nitrogens with one attached hydrogen (secondary N) is 1. The Morgan fingerprint density at radius 2 is 2.08 bits per heavy atom. The first-order valence-corrected chi connectivity index (χ1v) is 9.03. The van der Waals surface area contributed by atoms with E-state index in [1.807, 2.05) is 36.4 Å². The molecule has 2 aliphatic rings. The number of para-hydroxylation sites is 1. The Hall–Kier alpha value is -2.54. The van der Waals surface area contributed by atoms with Gasteiger partial charge >= 0.3 is 6.03 Å². The lowest BCUT2D eigenvalue weighted by Crippen LogP contribution is -2.47. The minimum atomic E-state index is -1.06. The molecule has 1 atom stereocenters. The van der Waals surface area contributed by atoms with Gasteiger partial charge in [0.1, 0.15) is 11.5 Å². The van der Waals surface area contributed by atoms with E-state index in [2.05, 4.69) is 21.2 Å². The van der Waals surface area contributed by atoms with Crippen LogP contribution in [-0.4, -0.2) is 30.6 Å². The maximum atomic E-state index is 13.3. The molecule has 1 saturated heterocycles. The second kappa shape index (κ2) is 6.32. The number of fused-ring (bicyclic) bond motifs is 2. The molecule has 2 aliphatic heterocycles. The summed E-state index contributed by atoms with van der Waals surface area (Å²) in [4.78, 5) is 27.2. The summed E-state index contributed by atoms with van der Waals surface area (Å²) in [5.41, 5.74) is 0.390. The van der Waals surface area contributed by atoms with Crippen molar-refractivity contribution in [3.05, 3.63) is 58.1 Å². The first-order valence-electron chi connectivity index (χ1n) is 8.24. The van der Waals surface area contributed by atoms with Crippen LogP contribution in [0.25, 0.3) is 0 Å². The third-order valence-electron chi connectivity index (χ3n) is 4.83. The number of amides is 3. The van der Waals surface area contributed by atoms with Crippen molar-refractivity contribution in [2.24, 2.45) is 0 Å². The number of imide groups is 1. The Labute approximate surface area is 159 Å². The molecule has 0 saturated carbocycles. The van der Waals surface area contributed by atoms with E-state index >= 15 is 0 Å². The summed E-state index contributed by atoms with van der Waals surface area (Å²) in [6.07, 6.45) is 0.403. The van der Waals surface area contributed by atoms with E-state index in [9.17, 15) is 9.59 Å². The standard InChI is InChI=1S/C19H17BrN2O4/c1-25-15-7-6-13(20)10-12(15)11-22-17(23)19(21-18(22)24)8-9-26-16-5-3-2-4-14(16)19/h2-7,10H,8-9,11H2,1H3,(H,21,24). The van der Waals surface area contributed by atoms with Crippen LogP contribution >= 0.6 is 15.9 Å². The van der Waals surface area contributed by atoms with Gasteiger partial charge in [-0.1, -0.05) is 34.1 Å². The third-order valence-corrected chi connectivity index (χ3v) is 5.32. The lowest BCUT2D eigenvalue weighted by molar-refractivity contribution is -0.133. The molecule has 6 nitrogen and oxygen atoms in total. The van der Waals surface area contributed by atoms with Crippen molar-refractivity contribution < 1.29 is 19.1 Å². The normalized spacial score (nSPS) is 21.4. The van der Waals surface area contributed by atoms with Crippen molar-refractivity contribution in [3.63, 3.8) is 0 Å². The number of hydrogen-bond donors (Lipinski definition) is 1. The van der Waals surface area contributed by atoms with Crippen molar-refractivity contribution in [3.8, 4) is 11.5 Å². The van der Waals surface area contributed by atoms with Gasteiger partial charge in [-0.3, -0.25) is 9.69 Å². The fourth-order valence-corrected chi connectivity index (χ4v) is 3.97. The van der Waals surface area contributed by atoms with Crippen LogP contribution in [-0.2, 0) is 16.9 Å². The predicted octanol–water partition coefficient (Wildman–Crippen LogP) is 3.19. The summed E-state index contributed by atoms with van der Waals surface area (Å²) in [5, 5.41) is 2.90. The van der Waals surface area contributed by atoms with E-state index in [0.29, 0.717) is 30.1 Å². The van der Waals surface area contributed by atoms with Crippen LogP contribution in [0.1, 0.15) is 17.5 Å². The van der Waals surface area contributed by atoms with Crippen LogP contribution < -0.4 is 14.8 Å². The fourth-order valence-electron chi connectivity index (χ4n) is 3.56. The SMILES string of the molecule is COc1ccc(Br)cc1CN1C(=O)NC2(CCOc3ccccc32)C1=O. The summed E-state index contributed by atoms with van der Waals surface area (Å²) in [7, 11) is 1.56. The first kappa shape index (κ1) is 16.9. The Bertz CT molecular complexity index is 901. The fraction of sp³-hybridized carbons (Fsp3) is 0.263. The second-order valence-corrected chi connectivity index (χ2v) is 7.19. The monoisotopic (exact) mass is 416 g/mol. The molecule has 0 radical (unpaired) electrons. The van der Waals surface area contributed by atoms with E-state index in [1.54, 1.807) is 13.2 Å². The van der Waals surface area contributed by atoms with Crippen molar-refractivity contribution in [2.45, 2.75) is 18.5 Å². The average molecular weight is 417 g/mol. The number of methoxy groups -OCH3 is 1.